The zero-order chi connectivity index (χ0) is 81.2. The summed E-state index contributed by atoms with van der Waals surface area (Å²) in [4.78, 5) is 95.0. The van der Waals surface area contributed by atoms with Gasteiger partial charge in [0.25, 0.3) is 0 Å². The van der Waals surface area contributed by atoms with Gasteiger partial charge in [-0.3, -0.25) is 24.0 Å². The second kappa shape index (κ2) is 42.1. The van der Waals surface area contributed by atoms with Crippen molar-refractivity contribution in [1.82, 2.24) is 5.32 Å². The predicted molar refractivity (Wildman–Crippen MR) is 405 cm³/mol. The SMILES string of the molecule is CCC(=O)O[C@]1(C(=O)SCF)[C@H](C)C[C@H]2[C@@H]3C[C@H](F)C4=CC(=O)C=C[C@]4(C)[C@@]3(F)[C@@H](O)C[C@@]21C.O=C(O)c1ccc2ccccc2c1O.O=C([O-])c1cc(=O)c2c(OCC(O)COc3cccc4oc(C(=O)[O-])cc(=O)c34)cccc2o1.OCc1cc(C(O)CNCCCCCCOCCCCc2ccccc2)ccc1O.[Na+].[Na+]. The number of esters is 1. The summed E-state index contributed by atoms with van der Waals surface area (Å²) in [5.41, 5.74) is -5.77. The number of phenols is 2. The van der Waals surface area contributed by atoms with Crippen LogP contribution in [-0.4, -0.2) is 146 Å². The molecule has 0 bridgehead atoms. The van der Waals surface area contributed by atoms with Crippen LogP contribution in [0.5, 0.6) is 23.0 Å². The van der Waals surface area contributed by atoms with Crippen LogP contribution in [-0.2, 0) is 36.9 Å². The van der Waals surface area contributed by atoms with Crippen molar-refractivity contribution in [2.24, 2.45) is 28.6 Å². The molecule has 3 saturated carbocycles. The number of hydrogen-bond donors (Lipinski definition) is 8. The van der Waals surface area contributed by atoms with Crippen LogP contribution in [0.2, 0.25) is 0 Å². The minimum Gasteiger partial charge on any atom is -0.542 e. The van der Waals surface area contributed by atoms with Crippen LogP contribution in [0.15, 0.2) is 176 Å². The number of hydrogen-bond acceptors (Lipinski definition) is 24. The van der Waals surface area contributed by atoms with Crippen molar-refractivity contribution in [2.75, 3.05) is 45.5 Å². The number of carbonyl (C=O) groups excluding carboxylic acids is 5. The molecular formula is C84H90F3NNa2O23S. The molecule has 24 nitrogen and oxygen atoms in total. The molecule has 0 spiro atoms. The molecule has 4 aliphatic carbocycles. The number of ether oxygens (including phenoxy) is 4. The van der Waals surface area contributed by atoms with Crippen LogP contribution in [0.4, 0.5) is 13.2 Å². The number of rotatable bonds is 29. The maximum absolute atomic E-state index is 17.2. The van der Waals surface area contributed by atoms with E-state index in [9.17, 15) is 83.6 Å². The fourth-order valence-corrected chi connectivity index (χ4v) is 16.4. The molecule has 1 unspecified atom stereocenters. The van der Waals surface area contributed by atoms with E-state index in [0.29, 0.717) is 34.8 Å². The van der Waals surface area contributed by atoms with Gasteiger partial charge >= 0.3 is 71.1 Å². The summed E-state index contributed by atoms with van der Waals surface area (Å²) >= 11 is 0.396. The molecule has 0 aliphatic heterocycles. The molecule has 8 N–H and O–H groups in total. The van der Waals surface area contributed by atoms with E-state index in [1.807, 2.05) is 12.1 Å². The summed E-state index contributed by atoms with van der Waals surface area (Å²) in [6.07, 6.45) is 6.18. The van der Waals surface area contributed by atoms with Crippen molar-refractivity contribution < 1.29 is 175 Å². The molecule has 8 aromatic rings. The number of aromatic hydroxyl groups is 2. The number of allylic oxidation sites excluding steroid dienone is 4. The summed E-state index contributed by atoms with van der Waals surface area (Å²) in [5.74, 6) is -8.97. The Morgan fingerprint density at radius 1 is 0.737 bits per heavy atom. The van der Waals surface area contributed by atoms with Gasteiger partial charge in [-0.05, 0) is 159 Å². The van der Waals surface area contributed by atoms with E-state index in [1.54, 1.807) is 51.1 Å². The van der Waals surface area contributed by atoms with Gasteiger partial charge < -0.3 is 88.6 Å². The van der Waals surface area contributed by atoms with Crippen LogP contribution in [0.25, 0.3) is 32.7 Å². The van der Waals surface area contributed by atoms with Gasteiger partial charge in [-0.25, -0.2) is 18.0 Å². The van der Waals surface area contributed by atoms with E-state index in [-0.39, 0.29) is 161 Å². The smallest absolute Gasteiger partial charge is 0.542 e. The molecule has 30 heteroatoms. The molecule has 0 saturated heterocycles. The standard InChI is InChI=1S/C25H31F3O5S.C25H37NO4.C23H16O11.C11H8O3.2Na/c1-5-20(31)33-25(21(32)34-12-26)13(2)8-15-16-10-18(27)17-9-14(29)6-7-22(17,3)24(16,28)19(30)11-23(15,25)4;27-20-23-18-22(13-14-24(23)28)25(29)19-26-15-7-1-2-8-16-30-17-9-6-12-21-10-4-3-5-11-21;24-11(9-31-14-3-1-5-16-20(14)12(25)7-18(33-16)22(27)28)10-32-15-4-2-6-17-21(15)13(26)8-19(34-17)23(29)30;12-10-8-4-2-1-3-7(8)5-6-9(10)11(13)14;;/h6-7,9,13,15-16,18-19,30H,5,8,10-12H2,1-4H3;3-5,10-11,13-14,18,25-29H,1-2,6-9,12,15-17,19-20H2;1-8,11,24H,9-10H2,(H,27,28)(H,29,30);1-6,12H,(H,13,14);;/q;;;;2*+1/p-2/t13-,15+,16+,18+,19+,22+,23+,24+,25+;;;;;/m1...../s1. The summed E-state index contributed by atoms with van der Waals surface area (Å²) in [6, 6.07) is 34.7. The van der Waals surface area contributed by atoms with E-state index in [4.69, 9.17) is 32.9 Å². The molecule has 3 fully saturated rings. The number of ketones is 1. The first-order valence-corrected chi connectivity index (χ1v) is 37.7. The first-order valence-electron chi connectivity index (χ1n) is 36.8. The first-order chi connectivity index (χ1) is 53.5. The maximum Gasteiger partial charge on any atom is 1.00 e. The Morgan fingerprint density at radius 3 is 1.92 bits per heavy atom. The number of nitrogens with one attached hydrogen (secondary N) is 1. The normalized spacial score (nSPS) is 21.9. The van der Waals surface area contributed by atoms with Crippen LogP contribution in [0, 0.1) is 28.6 Å². The average Bonchev–Trinajstić information content (AvgIpc) is 1.42. The Morgan fingerprint density at radius 2 is 1.33 bits per heavy atom. The number of unbranched alkanes of at least 4 members (excludes halogenated alkanes) is 4. The van der Waals surface area contributed by atoms with Crippen molar-refractivity contribution in [3.8, 4) is 23.0 Å². The Labute approximate surface area is 703 Å². The van der Waals surface area contributed by atoms with E-state index in [1.165, 1.54) is 79.6 Å². The fourth-order valence-electron chi connectivity index (χ4n) is 15.7. The van der Waals surface area contributed by atoms with E-state index in [0.717, 1.165) is 81.9 Å². The number of aliphatic hydroxyl groups is 4. The summed E-state index contributed by atoms with van der Waals surface area (Å²) in [5, 5.41) is 94.9. The molecule has 0 amide bonds. The molecule has 12 rings (SSSR count). The Balaban J connectivity index is 0.000000217. The summed E-state index contributed by atoms with van der Waals surface area (Å²) in [7, 11) is 0. The summed E-state index contributed by atoms with van der Waals surface area (Å²) < 4.78 is 78.8. The molecule has 0 radical (unpaired) electrons. The molecule has 2 aromatic heterocycles. The number of benzene rings is 6. The van der Waals surface area contributed by atoms with Gasteiger partial charge in [0.1, 0.15) is 93.9 Å². The Kier molecular flexibility index (Phi) is 34.3. The zero-order valence-electron chi connectivity index (χ0n) is 64.1. The van der Waals surface area contributed by atoms with Crippen molar-refractivity contribution in [1.29, 1.82) is 0 Å². The van der Waals surface area contributed by atoms with Gasteiger partial charge in [0.15, 0.2) is 39.4 Å². The monoisotopic (exact) mass is 1620 g/mol. The topological polar surface area (TPSA) is 400 Å². The van der Waals surface area contributed by atoms with Gasteiger partial charge in [-0.2, -0.15) is 0 Å². The van der Waals surface area contributed by atoms with Gasteiger partial charge in [0.05, 0.1) is 18.8 Å². The van der Waals surface area contributed by atoms with E-state index in [2.05, 4.69) is 35.6 Å². The van der Waals surface area contributed by atoms with Gasteiger partial charge in [0.2, 0.25) is 5.12 Å². The molecule has 2 heterocycles. The number of aryl methyl sites for hydroxylation is 1. The van der Waals surface area contributed by atoms with Crippen molar-refractivity contribution >= 4 is 79.2 Å². The minimum absolute atomic E-state index is 0. The largest absolute Gasteiger partial charge is 1.00 e. The second-order valence-electron chi connectivity index (χ2n) is 28.4. The third-order valence-corrected chi connectivity index (χ3v) is 22.0. The van der Waals surface area contributed by atoms with Crippen molar-refractivity contribution in [3.05, 3.63) is 211 Å². The number of carboxylic acids is 3. The predicted octanol–water partition coefficient (Wildman–Crippen LogP) is 4.23. The quantitative estimate of drug-likeness (QED) is 0.0185. The van der Waals surface area contributed by atoms with Crippen LogP contribution >= 0.6 is 11.8 Å². The fraction of sp³-hybridized carbons (Fsp3) is 0.405. The number of fused-ring (bicyclic) bond motifs is 8. The number of alkyl halides is 3. The molecule has 10 atom stereocenters. The zero-order valence-corrected chi connectivity index (χ0v) is 68.9. The van der Waals surface area contributed by atoms with Crippen LogP contribution in [0.3, 0.4) is 0 Å². The minimum atomic E-state index is -2.30. The molecule has 6 aromatic carbocycles. The van der Waals surface area contributed by atoms with Crippen molar-refractivity contribution in [3.63, 3.8) is 0 Å². The molecule has 4 aliphatic rings. The third-order valence-electron chi connectivity index (χ3n) is 21.3. The molecular weight excluding hydrogens is 1530 g/mol. The average molecular weight is 1620 g/mol. The van der Waals surface area contributed by atoms with Crippen molar-refractivity contribution in [2.45, 2.75) is 141 Å². The van der Waals surface area contributed by atoms with Crippen LogP contribution in [0.1, 0.15) is 146 Å². The van der Waals surface area contributed by atoms with Crippen LogP contribution < -0.4 is 95.0 Å². The van der Waals surface area contributed by atoms with E-state index < -0.39 is 127 Å². The number of halogens is 3. The molecule has 598 valence electrons. The van der Waals surface area contributed by atoms with E-state index >= 15 is 8.78 Å². The Hall–Kier alpha value is -8.20. The number of aromatic carboxylic acids is 3. The Bertz CT molecular complexity index is 4780. The summed E-state index contributed by atoms with van der Waals surface area (Å²) in [6.45, 7) is 8.57. The van der Waals surface area contributed by atoms with Gasteiger partial charge in [-0.15, -0.1) is 0 Å². The maximum atomic E-state index is 17.2. The molecule has 114 heavy (non-hydrogen) atoms. The van der Waals surface area contributed by atoms with Gasteiger partial charge in [0, 0.05) is 71.9 Å². The second-order valence-corrected chi connectivity index (χ2v) is 29.3. The number of carbonyl (C=O) groups is 6. The number of thioether (sulfide) groups is 1. The van der Waals surface area contributed by atoms with Gasteiger partial charge in [-0.1, -0.05) is 119 Å². The number of aliphatic hydroxyl groups excluding tert-OH is 4. The first kappa shape index (κ1) is 93.0. The number of carboxylic acid groups (broad SMARTS) is 3. The third kappa shape index (κ3) is 21.1.